The van der Waals surface area contributed by atoms with Gasteiger partial charge >= 0.3 is 12.2 Å². The third kappa shape index (κ3) is 7.41. The number of benzene rings is 1. The summed E-state index contributed by atoms with van der Waals surface area (Å²) < 4.78 is 52.2. The van der Waals surface area contributed by atoms with Gasteiger partial charge in [0.2, 0.25) is 21.8 Å². The van der Waals surface area contributed by atoms with Gasteiger partial charge in [0.1, 0.15) is 35.1 Å². The summed E-state index contributed by atoms with van der Waals surface area (Å²) in [6.45, 7) is 7.33. The molecule has 4 N–H and O–H groups in total. The molecule has 1 saturated heterocycles. The Bertz CT molecular complexity index is 1630. The van der Waals surface area contributed by atoms with E-state index in [1.54, 1.807) is 26.8 Å². The highest BCUT2D eigenvalue weighted by Gasteiger charge is 2.62. The van der Waals surface area contributed by atoms with Crippen molar-refractivity contribution in [2.24, 2.45) is 5.92 Å². The van der Waals surface area contributed by atoms with Crippen molar-refractivity contribution in [1.29, 1.82) is 0 Å². The van der Waals surface area contributed by atoms with Crippen molar-refractivity contribution in [3.8, 4) is 0 Å². The molecule has 3 fully saturated rings. The molecule has 5 amide bonds. The maximum atomic E-state index is 14.3. The second kappa shape index (κ2) is 13.0. The summed E-state index contributed by atoms with van der Waals surface area (Å²) in [6, 6.07) is 1.58. The van der Waals surface area contributed by atoms with Gasteiger partial charge in [-0.25, -0.2) is 22.4 Å². The SMILES string of the molecule is C=C[C@@H]1C[C@]1(NC(=O)[C@@H]1CC(OC(=O)N2Cc3cccc(F)c3C2)CN1C(=O)[C@H](CO)NC(=O)OC(C)(C)C)C(=O)NS(=O)(=O)C1CC1. The highest BCUT2D eigenvalue weighted by molar-refractivity contribution is 7.91. The number of rotatable bonds is 10. The van der Waals surface area contributed by atoms with E-state index in [2.05, 4.69) is 21.9 Å². The number of hydrogen-bond acceptors (Lipinski definition) is 10. The fraction of sp³-hybridized carbons (Fsp3) is 0.581. The number of aliphatic hydroxyl groups excluding tert-OH is 1. The van der Waals surface area contributed by atoms with Gasteiger partial charge in [0.05, 0.1) is 24.9 Å². The van der Waals surface area contributed by atoms with Crippen LogP contribution in [-0.4, -0.2) is 101 Å². The number of sulfonamides is 1. The molecule has 48 heavy (non-hydrogen) atoms. The molecular weight excluding hydrogens is 653 g/mol. The number of carbonyl (C=O) groups is 5. The third-order valence-corrected chi connectivity index (χ3v) is 10.5. The smallest absolute Gasteiger partial charge is 0.410 e. The van der Waals surface area contributed by atoms with Crippen LogP contribution in [0.2, 0.25) is 0 Å². The summed E-state index contributed by atoms with van der Waals surface area (Å²) >= 11 is 0. The van der Waals surface area contributed by atoms with E-state index in [0.717, 1.165) is 4.90 Å². The summed E-state index contributed by atoms with van der Waals surface area (Å²) in [7, 11) is -3.95. The number of fused-ring (bicyclic) bond motifs is 1. The molecule has 5 atom stereocenters. The lowest BCUT2D eigenvalue weighted by Crippen LogP contribution is -2.59. The lowest BCUT2D eigenvalue weighted by molar-refractivity contribution is -0.141. The second-order valence-corrected chi connectivity index (χ2v) is 15.5. The maximum Gasteiger partial charge on any atom is 0.410 e. The summed E-state index contributed by atoms with van der Waals surface area (Å²) in [5.74, 6) is -3.76. The number of carbonyl (C=O) groups excluding carboxylic acids is 5. The molecule has 0 spiro atoms. The second-order valence-electron chi connectivity index (χ2n) is 13.5. The number of halogens is 1. The third-order valence-electron chi connectivity index (χ3n) is 8.72. The Morgan fingerprint density at radius 1 is 1.19 bits per heavy atom. The molecule has 2 aliphatic carbocycles. The van der Waals surface area contributed by atoms with Gasteiger partial charge in [0.15, 0.2) is 0 Å². The minimum Gasteiger partial charge on any atom is -0.444 e. The summed E-state index contributed by atoms with van der Waals surface area (Å²) in [4.78, 5) is 68.7. The summed E-state index contributed by atoms with van der Waals surface area (Å²) in [6.07, 6.45) is -0.820. The van der Waals surface area contributed by atoms with Crippen molar-refractivity contribution < 1.29 is 51.4 Å². The van der Waals surface area contributed by atoms with Crippen LogP contribution < -0.4 is 15.4 Å². The van der Waals surface area contributed by atoms with Crippen LogP contribution in [0.1, 0.15) is 57.6 Å². The molecule has 0 bridgehead atoms. The number of amides is 5. The lowest BCUT2D eigenvalue weighted by Gasteiger charge is -2.29. The Morgan fingerprint density at radius 3 is 2.48 bits per heavy atom. The molecule has 2 aliphatic heterocycles. The van der Waals surface area contributed by atoms with E-state index in [1.165, 1.54) is 23.1 Å². The number of ether oxygens (including phenoxy) is 2. The Hall–Kier alpha value is -4.25. The van der Waals surface area contributed by atoms with Crippen molar-refractivity contribution in [1.82, 2.24) is 25.2 Å². The first-order chi connectivity index (χ1) is 22.5. The van der Waals surface area contributed by atoms with Crippen LogP contribution in [0.4, 0.5) is 14.0 Å². The minimum absolute atomic E-state index is 0.0448. The van der Waals surface area contributed by atoms with E-state index in [4.69, 9.17) is 9.47 Å². The van der Waals surface area contributed by atoms with Gasteiger partial charge in [-0.2, -0.15) is 0 Å². The van der Waals surface area contributed by atoms with Gasteiger partial charge in [-0.05, 0) is 51.7 Å². The average molecular weight is 694 g/mol. The molecule has 5 rings (SSSR count). The van der Waals surface area contributed by atoms with Crippen molar-refractivity contribution in [2.75, 3.05) is 13.2 Å². The molecule has 17 heteroatoms. The highest BCUT2D eigenvalue weighted by Crippen LogP contribution is 2.45. The predicted octanol–water partition coefficient (Wildman–Crippen LogP) is 0.802. The Kier molecular flexibility index (Phi) is 9.49. The van der Waals surface area contributed by atoms with Crippen molar-refractivity contribution >= 4 is 39.9 Å². The Morgan fingerprint density at radius 2 is 1.90 bits per heavy atom. The lowest BCUT2D eigenvalue weighted by atomic mass is 10.1. The molecule has 0 aromatic heterocycles. The van der Waals surface area contributed by atoms with Gasteiger partial charge < -0.3 is 30.1 Å². The average Bonchev–Trinajstić information content (AvgIpc) is 3.89. The zero-order valence-corrected chi connectivity index (χ0v) is 27.7. The quantitative estimate of drug-likeness (QED) is 0.254. The normalized spacial score (nSPS) is 25.4. The van der Waals surface area contributed by atoms with Crippen molar-refractivity contribution in [3.63, 3.8) is 0 Å². The van der Waals surface area contributed by atoms with Gasteiger partial charge in [-0.3, -0.25) is 24.0 Å². The summed E-state index contributed by atoms with van der Waals surface area (Å²) in [5.41, 5.74) is -1.61. The van der Waals surface area contributed by atoms with Crippen LogP contribution in [0, 0.1) is 11.7 Å². The van der Waals surface area contributed by atoms with Crippen LogP contribution in [0.3, 0.4) is 0 Å². The van der Waals surface area contributed by atoms with Gasteiger partial charge in [0, 0.05) is 24.4 Å². The van der Waals surface area contributed by atoms with Crippen LogP contribution in [0.25, 0.3) is 0 Å². The van der Waals surface area contributed by atoms with E-state index < -0.39 is 92.9 Å². The van der Waals surface area contributed by atoms with E-state index in [9.17, 15) is 41.9 Å². The van der Waals surface area contributed by atoms with E-state index >= 15 is 0 Å². The predicted molar refractivity (Wildman–Crippen MR) is 166 cm³/mol. The topological polar surface area (TPSA) is 201 Å². The molecule has 2 heterocycles. The van der Waals surface area contributed by atoms with Crippen molar-refractivity contribution in [3.05, 3.63) is 47.8 Å². The van der Waals surface area contributed by atoms with Crippen LogP contribution >= 0.6 is 0 Å². The van der Waals surface area contributed by atoms with Gasteiger partial charge in [0.25, 0.3) is 5.91 Å². The molecule has 1 unspecified atom stereocenters. The minimum atomic E-state index is -3.95. The largest absolute Gasteiger partial charge is 0.444 e. The number of nitrogens with one attached hydrogen (secondary N) is 3. The van der Waals surface area contributed by atoms with Crippen LogP contribution in [0.15, 0.2) is 30.9 Å². The fourth-order valence-electron chi connectivity index (χ4n) is 5.96. The number of aliphatic hydroxyl groups is 1. The first-order valence-electron chi connectivity index (χ1n) is 15.6. The first kappa shape index (κ1) is 35.1. The molecule has 15 nitrogen and oxygen atoms in total. The van der Waals surface area contributed by atoms with E-state index in [0.29, 0.717) is 24.0 Å². The molecule has 2 saturated carbocycles. The monoisotopic (exact) mass is 693 g/mol. The molecular formula is C31H40FN5O10S. The zero-order chi connectivity index (χ0) is 35.2. The number of alkyl carbamates (subject to hydrolysis) is 1. The molecule has 1 aromatic carbocycles. The number of hydrogen-bond donors (Lipinski definition) is 4. The zero-order valence-electron chi connectivity index (χ0n) is 26.9. The van der Waals surface area contributed by atoms with Crippen molar-refractivity contribution in [2.45, 2.75) is 94.1 Å². The molecule has 4 aliphatic rings. The maximum absolute atomic E-state index is 14.3. The Labute approximate surface area is 277 Å². The highest BCUT2D eigenvalue weighted by atomic mass is 32.2. The van der Waals surface area contributed by atoms with E-state index in [1.807, 2.05) is 0 Å². The van der Waals surface area contributed by atoms with Gasteiger partial charge in [-0.15, -0.1) is 6.58 Å². The van der Waals surface area contributed by atoms with Crippen LogP contribution in [-0.2, 0) is 47.0 Å². The van der Waals surface area contributed by atoms with Gasteiger partial charge in [-0.1, -0.05) is 18.2 Å². The standard InChI is InChI=1S/C31H40FN5O10S/c1-5-18-12-31(18,27(41)35-48(44,45)20-9-10-20)34-25(39)24-11-19(46-29(43)36-13-17-7-6-8-22(32)21(17)15-36)14-37(24)26(40)23(16-38)33-28(42)47-30(2,3)4/h5-8,18-20,23-24,38H,1,9-16H2,2-4H3,(H,33,42)(H,34,39)(H,35,41)/t18-,19?,23+,24+,31-/m1/s1. The van der Waals surface area contributed by atoms with Crippen LogP contribution in [0.5, 0.6) is 0 Å². The number of nitrogens with zero attached hydrogens (tertiary/aromatic N) is 2. The molecule has 0 radical (unpaired) electrons. The Balaban J connectivity index is 1.34. The number of likely N-dealkylation sites (tertiary alicyclic amines) is 1. The first-order valence-corrected chi connectivity index (χ1v) is 17.2. The molecule has 1 aromatic rings. The summed E-state index contributed by atoms with van der Waals surface area (Å²) in [5, 5.41) is 14.2. The fourth-order valence-corrected chi connectivity index (χ4v) is 7.32. The van der Waals surface area contributed by atoms with E-state index in [-0.39, 0.29) is 32.5 Å². The molecule has 262 valence electrons.